The van der Waals surface area contributed by atoms with Crippen molar-refractivity contribution in [3.05, 3.63) is 83.9 Å². The van der Waals surface area contributed by atoms with Crippen molar-refractivity contribution in [1.29, 1.82) is 0 Å². The summed E-state index contributed by atoms with van der Waals surface area (Å²) in [5.74, 6) is 5.60. The van der Waals surface area contributed by atoms with E-state index in [9.17, 15) is 0 Å². The lowest BCUT2D eigenvalue weighted by atomic mass is 9.43. The van der Waals surface area contributed by atoms with E-state index < -0.39 is 0 Å². The molecule has 0 N–H and O–H groups in total. The molecule has 2 saturated heterocycles. The van der Waals surface area contributed by atoms with Gasteiger partial charge in [-0.1, -0.05) is 42.5 Å². The van der Waals surface area contributed by atoms with Gasteiger partial charge in [-0.15, -0.1) is 0 Å². The van der Waals surface area contributed by atoms with E-state index in [1.54, 1.807) is 7.11 Å². The first-order valence-electron chi connectivity index (χ1n) is 16.5. The van der Waals surface area contributed by atoms with Gasteiger partial charge >= 0.3 is 0 Å². The van der Waals surface area contributed by atoms with Gasteiger partial charge in [0.1, 0.15) is 12.5 Å². The van der Waals surface area contributed by atoms with Crippen LogP contribution in [-0.2, 0) is 16.7 Å². The third kappa shape index (κ3) is 3.89. The molecule has 3 aromatic carbocycles. The van der Waals surface area contributed by atoms with Crippen LogP contribution < -0.4 is 14.4 Å². The summed E-state index contributed by atoms with van der Waals surface area (Å²) in [6.07, 6.45) is 8.97. The monoisotopic (exact) mass is 578 g/mol. The molecule has 224 valence electrons. The molecular weight excluding hydrogens is 536 g/mol. The Hall–Kier alpha value is -3.06. The van der Waals surface area contributed by atoms with E-state index in [2.05, 4.69) is 52.3 Å². The van der Waals surface area contributed by atoms with Crippen molar-refractivity contribution < 1.29 is 19.2 Å². The molecule has 2 aliphatic heterocycles. The Balaban J connectivity index is 1.13. The van der Waals surface area contributed by atoms with Gasteiger partial charge in [-0.2, -0.15) is 4.89 Å². The zero-order valence-corrected chi connectivity index (χ0v) is 25.1. The molecule has 3 aromatic rings. The van der Waals surface area contributed by atoms with Crippen LogP contribution in [-0.4, -0.2) is 55.4 Å². The minimum absolute atomic E-state index is 0.0760. The van der Waals surface area contributed by atoms with Gasteiger partial charge in [0, 0.05) is 36.2 Å². The van der Waals surface area contributed by atoms with E-state index in [0.29, 0.717) is 30.7 Å². The van der Waals surface area contributed by atoms with E-state index in [1.807, 2.05) is 30.3 Å². The van der Waals surface area contributed by atoms with Crippen LogP contribution in [0, 0.1) is 23.2 Å². The maximum atomic E-state index is 6.89. The molecule has 4 bridgehead atoms. The number of rotatable bonds is 9. The van der Waals surface area contributed by atoms with Crippen LogP contribution in [0.15, 0.2) is 72.8 Å². The quantitative estimate of drug-likeness (QED) is 0.205. The van der Waals surface area contributed by atoms with E-state index >= 15 is 0 Å². The average Bonchev–Trinajstić information content (AvgIpc) is 3.74. The number of piperidine rings is 1. The zero-order valence-electron chi connectivity index (χ0n) is 25.1. The molecule has 5 fully saturated rings. The number of methoxy groups -OCH3 is 1. The number of ether oxygens (including phenoxy) is 2. The number of hydrogen-bond donors (Lipinski definition) is 0. The molecule has 6 aliphatic rings. The highest BCUT2D eigenvalue weighted by Gasteiger charge is 2.76. The van der Waals surface area contributed by atoms with E-state index in [-0.39, 0.29) is 10.8 Å². The molecule has 2 heterocycles. The predicted molar refractivity (Wildman–Crippen MR) is 164 cm³/mol. The van der Waals surface area contributed by atoms with Gasteiger partial charge in [0.15, 0.2) is 17.2 Å². The topological polar surface area (TPSA) is 43.4 Å². The molecule has 0 amide bonds. The summed E-state index contributed by atoms with van der Waals surface area (Å²) < 4.78 is 13.0. The number of para-hydroxylation sites is 2. The molecule has 0 aromatic heterocycles. The third-order valence-corrected chi connectivity index (χ3v) is 12.3. The highest BCUT2D eigenvalue weighted by Crippen LogP contribution is 2.76. The molecule has 6 atom stereocenters. The normalized spacial score (nSPS) is 34.0. The molecule has 3 saturated carbocycles. The van der Waals surface area contributed by atoms with Gasteiger partial charge in [-0.05, 0) is 111 Å². The second-order valence-electron chi connectivity index (χ2n) is 14.1. The third-order valence-electron chi connectivity index (χ3n) is 12.3. The van der Waals surface area contributed by atoms with Crippen molar-refractivity contribution in [2.75, 3.05) is 33.5 Å². The fourth-order valence-electron chi connectivity index (χ4n) is 10.8. The number of likely N-dealkylation sites (tertiary alicyclic amines) is 2. The molecule has 6 heteroatoms. The Labute approximate surface area is 254 Å². The highest BCUT2D eigenvalue weighted by molar-refractivity contribution is 5.61. The number of hydrogen-bond acceptors (Lipinski definition) is 6. The first-order chi connectivity index (χ1) is 21.2. The molecule has 0 spiro atoms. The summed E-state index contributed by atoms with van der Waals surface area (Å²) in [5.41, 5.74) is 3.31. The van der Waals surface area contributed by atoms with Crippen LogP contribution in [0.2, 0.25) is 0 Å². The van der Waals surface area contributed by atoms with Crippen LogP contribution in [0.1, 0.15) is 49.7 Å². The molecular formula is C37H42N2O4. The first kappa shape index (κ1) is 26.4. The SMILES string of the molecule is COc1ccc2c(c1Oc1ccccc1)C13CCN(CC4CC4)C(C2)C12CCC1C3C(CN1COOc1ccccc1)C2. The van der Waals surface area contributed by atoms with Crippen molar-refractivity contribution in [3.8, 4) is 23.0 Å². The Bertz CT molecular complexity index is 1500. The standard InChI is InChI=1S/C37H42N2O4/c1-40-31-15-14-26-20-32-36-17-16-30-33(27(21-36)23-39(30)24-41-43-29-10-6-3-7-11-29)37(36,18-19-38(32)22-25-12-13-25)34(26)35(31)42-28-8-4-2-5-9-28/h2-11,14-15,25,27,30,32-33H,12-13,16-24H2,1H3. The van der Waals surface area contributed by atoms with Crippen LogP contribution >= 0.6 is 0 Å². The summed E-state index contributed by atoms with van der Waals surface area (Å²) in [7, 11) is 1.79. The van der Waals surface area contributed by atoms with E-state index in [0.717, 1.165) is 41.9 Å². The predicted octanol–water partition coefficient (Wildman–Crippen LogP) is 6.83. The Morgan fingerprint density at radius 2 is 1.65 bits per heavy atom. The average molecular weight is 579 g/mol. The second kappa shape index (κ2) is 9.98. The molecule has 0 radical (unpaired) electrons. The maximum absolute atomic E-state index is 6.89. The van der Waals surface area contributed by atoms with Gasteiger partial charge in [-0.25, -0.2) is 0 Å². The van der Waals surface area contributed by atoms with Crippen LogP contribution in [0.4, 0.5) is 0 Å². The lowest BCUT2D eigenvalue weighted by Crippen LogP contribution is -2.69. The van der Waals surface area contributed by atoms with E-state index in [1.165, 1.54) is 62.7 Å². The van der Waals surface area contributed by atoms with Crippen molar-refractivity contribution in [3.63, 3.8) is 0 Å². The first-order valence-corrected chi connectivity index (χ1v) is 16.5. The Morgan fingerprint density at radius 3 is 2.42 bits per heavy atom. The Kier molecular flexibility index (Phi) is 6.12. The second-order valence-corrected chi connectivity index (χ2v) is 14.1. The fourth-order valence-corrected chi connectivity index (χ4v) is 10.8. The minimum atomic E-state index is 0.0760. The van der Waals surface area contributed by atoms with Crippen molar-refractivity contribution in [2.24, 2.45) is 23.2 Å². The van der Waals surface area contributed by atoms with E-state index in [4.69, 9.17) is 19.2 Å². The van der Waals surface area contributed by atoms with Gasteiger partial charge in [0.2, 0.25) is 0 Å². The minimum Gasteiger partial charge on any atom is -0.493 e. The number of nitrogens with zero attached hydrogens (tertiary/aromatic N) is 2. The molecule has 6 nitrogen and oxygen atoms in total. The zero-order chi connectivity index (χ0) is 28.6. The fraction of sp³-hybridized carbons (Fsp3) is 0.514. The molecule has 4 aliphatic carbocycles. The van der Waals surface area contributed by atoms with Crippen molar-refractivity contribution in [2.45, 2.75) is 62.4 Å². The van der Waals surface area contributed by atoms with Gasteiger partial charge in [0.05, 0.1) is 7.11 Å². The smallest absolute Gasteiger partial charge is 0.173 e. The van der Waals surface area contributed by atoms with Crippen LogP contribution in [0.5, 0.6) is 23.0 Å². The van der Waals surface area contributed by atoms with Gasteiger partial charge in [0.25, 0.3) is 0 Å². The van der Waals surface area contributed by atoms with Gasteiger partial charge < -0.3 is 14.4 Å². The summed E-state index contributed by atoms with van der Waals surface area (Å²) in [6, 6.07) is 25.8. The maximum Gasteiger partial charge on any atom is 0.173 e. The summed E-state index contributed by atoms with van der Waals surface area (Å²) in [4.78, 5) is 17.2. The highest BCUT2D eigenvalue weighted by atomic mass is 17.2. The van der Waals surface area contributed by atoms with Crippen LogP contribution in [0.25, 0.3) is 0 Å². The summed E-state index contributed by atoms with van der Waals surface area (Å²) in [5, 5.41) is 0. The van der Waals surface area contributed by atoms with Crippen LogP contribution in [0.3, 0.4) is 0 Å². The van der Waals surface area contributed by atoms with Gasteiger partial charge in [-0.3, -0.25) is 9.80 Å². The Morgan fingerprint density at radius 1 is 0.860 bits per heavy atom. The molecule has 9 rings (SSSR count). The summed E-state index contributed by atoms with van der Waals surface area (Å²) >= 11 is 0. The molecule has 6 unspecified atom stereocenters. The number of fused-ring (bicyclic) bond motifs is 1. The lowest BCUT2D eigenvalue weighted by Gasteiger charge is -2.66. The lowest BCUT2D eigenvalue weighted by molar-refractivity contribution is -0.242. The molecule has 43 heavy (non-hydrogen) atoms. The van der Waals surface area contributed by atoms with Crippen molar-refractivity contribution in [1.82, 2.24) is 9.80 Å². The van der Waals surface area contributed by atoms with Crippen molar-refractivity contribution >= 4 is 0 Å². The largest absolute Gasteiger partial charge is 0.493 e. The summed E-state index contributed by atoms with van der Waals surface area (Å²) in [6.45, 7) is 4.07. The number of benzene rings is 3.